The molecule has 2 unspecified atom stereocenters. The van der Waals surface area contributed by atoms with E-state index in [0.29, 0.717) is 5.56 Å². The van der Waals surface area contributed by atoms with Crippen molar-refractivity contribution in [3.05, 3.63) is 33.8 Å². The highest BCUT2D eigenvalue weighted by Crippen LogP contribution is 2.28. The quantitative estimate of drug-likeness (QED) is 0.824. The molecule has 1 N–H and O–H groups in total. The average Bonchev–Trinajstić information content (AvgIpc) is 2.89. The van der Waals surface area contributed by atoms with Crippen LogP contribution in [0, 0.1) is 11.6 Å². The van der Waals surface area contributed by atoms with E-state index in [0.717, 1.165) is 32.3 Å². The summed E-state index contributed by atoms with van der Waals surface area (Å²) in [6.07, 6.45) is 4.02. The monoisotopic (exact) mass is 333 g/mol. The Morgan fingerprint density at radius 1 is 1.42 bits per heavy atom. The van der Waals surface area contributed by atoms with Crippen LogP contribution in [-0.2, 0) is 4.74 Å². The minimum Gasteiger partial charge on any atom is -0.378 e. The van der Waals surface area contributed by atoms with Crippen molar-refractivity contribution in [3.8, 4) is 0 Å². The van der Waals surface area contributed by atoms with Crippen molar-refractivity contribution in [2.45, 2.75) is 37.8 Å². The SMILES string of the molecule is CNC(CCC1CCCO1)c1cc(F)c(Br)cc1F. The molecule has 1 aliphatic heterocycles. The molecule has 1 aromatic carbocycles. The molecule has 106 valence electrons. The molecular formula is C14H18BrF2NO. The second-order valence-electron chi connectivity index (χ2n) is 4.84. The van der Waals surface area contributed by atoms with Crippen LogP contribution in [0.1, 0.15) is 37.3 Å². The van der Waals surface area contributed by atoms with Gasteiger partial charge >= 0.3 is 0 Å². The standard InChI is InChI=1S/C14H18BrF2NO/c1-18-14(5-4-9-3-2-6-19-9)10-7-13(17)11(15)8-12(10)16/h7-9,14,18H,2-6H2,1H3. The summed E-state index contributed by atoms with van der Waals surface area (Å²) in [6, 6.07) is 2.25. The van der Waals surface area contributed by atoms with Crippen LogP contribution in [0.3, 0.4) is 0 Å². The van der Waals surface area contributed by atoms with Gasteiger partial charge in [-0.05, 0) is 60.8 Å². The van der Waals surface area contributed by atoms with Gasteiger partial charge in [-0.2, -0.15) is 0 Å². The molecule has 2 nitrogen and oxygen atoms in total. The summed E-state index contributed by atoms with van der Waals surface area (Å²) in [5, 5.41) is 3.05. The van der Waals surface area contributed by atoms with Crippen molar-refractivity contribution in [1.29, 1.82) is 0 Å². The van der Waals surface area contributed by atoms with Gasteiger partial charge in [-0.3, -0.25) is 0 Å². The van der Waals surface area contributed by atoms with Gasteiger partial charge in [0.15, 0.2) is 0 Å². The van der Waals surface area contributed by atoms with E-state index in [1.807, 2.05) is 0 Å². The number of rotatable bonds is 5. The lowest BCUT2D eigenvalue weighted by Crippen LogP contribution is -2.20. The highest BCUT2D eigenvalue weighted by Gasteiger charge is 2.21. The third kappa shape index (κ3) is 3.74. The fraction of sp³-hybridized carbons (Fsp3) is 0.571. The molecule has 2 rings (SSSR count). The number of hydrogen-bond acceptors (Lipinski definition) is 2. The van der Waals surface area contributed by atoms with Crippen LogP contribution in [0.5, 0.6) is 0 Å². The maximum absolute atomic E-state index is 13.9. The second-order valence-corrected chi connectivity index (χ2v) is 5.70. The number of nitrogens with one attached hydrogen (secondary N) is 1. The van der Waals surface area contributed by atoms with Gasteiger partial charge in [-0.1, -0.05) is 0 Å². The first-order chi connectivity index (χ1) is 9.11. The van der Waals surface area contributed by atoms with Crippen molar-refractivity contribution in [2.75, 3.05) is 13.7 Å². The van der Waals surface area contributed by atoms with Crippen molar-refractivity contribution in [2.24, 2.45) is 0 Å². The number of ether oxygens (including phenoxy) is 1. The molecule has 19 heavy (non-hydrogen) atoms. The zero-order valence-corrected chi connectivity index (χ0v) is 12.5. The first-order valence-electron chi connectivity index (χ1n) is 6.55. The molecule has 0 aromatic heterocycles. The molecule has 1 aliphatic rings. The molecule has 1 aromatic rings. The summed E-state index contributed by atoms with van der Waals surface area (Å²) in [5.74, 6) is -0.825. The summed E-state index contributed by atoms with van der Waals surface area (Å²) in [4.78, 5) is 0. The largest absolute Gasteiger partial charge is 0.378 e. The van der Waals surface area contributed by atoms with Crippen molar-refractivity contribution < 1.29 is 13.5 Å². The highest BCUT2D eigenvalue weighted by molar-refractivity contribution is 9.10. The van der Waals surface area contributed by atoms with E-state index in [2.05, 4.69) is 21.2 Å². The van der Waals surface area contributed by atoms with E-state index in [1.54, 1.807) is 7.05 Å². The Balaban J connectivity index is 2.05. The lowest BCUT2D eigenvalue weighted by atomic mass is 9.99. The normalized spacial score (nSPS) is 20.7. The maximum Gasteiger partial charge on any atom is 0.137 e. The Bertz CT molecular complexity index is 436. The lowest BCUT2D eigenvalue weighted by molar-refractivity contribution is 0.0997. The topological polar surface area (TPSA) is 21.3 Å². The summed E-state index contributed by atoms with van der Waals surface area (Å²) in [7, 11) is 1.76. The second kappa shape index (κ2) is 6.77. The van der Waals surface area contributed by atoms with Gasteiger partial charge in [0.25, 0.3) is 0 Å². The van der Waals surface area contributed by atoms with Crippen molar-refractivity contribution >= 4 is 15.9 Å². The average molecular weight is 334 g/mol. The van der Waals surface area contributed by atoms with E-state index >= 15 is 0 Å². The molecule has 0 aliphatic carbocycles. The first-order valence-corrected chi connectivity index (χ1v) is 7.34. The summed E-state index contributed by atoms with van der Waals surface area (Å²) in [5.41, 5.74) is 0.376. The van der Waals surface area contributed by atoms with Gasteiger partial charge in [0, 0.05) is 18.2 Å². The van der Waals surface area contributed by atoms with Gasteiger partial charge in [0.2, 0.25) is 0 Å². The van der Waals surface area contributed by atoms with Crippen LogP contribution in [0.4, 0.5) is 8.78 Å². The van der Waals surface area contributed by atoms with E-state index < -0.39 is 5.82 Å². The van der Waals surface area contributed by atoms with Crippen LogP contribution in [-0.4, -0.2) is 19.8 Å². The number of hydrogen-bond donors (Lipinski definition) is 1. The Hall–Kier alpha value is -0.520. The Labute approximate surface area is 120 Å². The van der Waals surface area contributed by atoms with Crippen LogP contribution in [0.15, 0.2) is 16.6 Å². The third-order valence-corrected chi connectivity index (χ3v) is 4.17. The smallest absolute Gasteiger partial charge is 0.137 e. The highest BCUT2D eigenvalue weighted by atomic mass is 79.9. The molecule has 0 radical (unpaired) electrons. The van der Waals surface area contributed by atoms with Crippen molar-refractivity contribution in [3.63, 3.8) is 0 Å². The molecule has 0 saturated carbocycles. The fourth-order valence-electron chi connectivity index (χ4n) is 2.48. The fourth-order valence-corrected chi connectivity index (χ4v) is 2.80. The number of halogens is 3. The molecule has 1 fully saturated rings. The summed E-state index contributed by atoms with van der Waals surface area (Å²) in [6.45, 7) is 0.816. The van der Waals surface area contributed by atoms with E-state index in [9.17, 15) is 8.78 Å². The molecule has 0 amide bonds. The van der Waals surface area contributed by atoms with E-state index in [-0.39, 0.29) is 22.4 Å². The van der Waals surface area contributed by atoms with E-state index in [4.69, 9.17) is 4.74 Å². The Morgan fingerprint density at radius 3 is 2.84 bits per heavy atom. The van der Waals surface area contributed by atoms with Crippen LogP contribution >= 0.6 is 15.9 Å². The third-order valence-electron chi connectivity index (χ3n) is 3.56. The molecule has 0 spiro atoms. The van der Waals surface area contributed by atoms with Crippen LogP contribution in [0.25, 0.3) is 0 Å². The molecule has 2 atom stereocenters. The predicted octanol–water partition coefficient (Wildman–Crippen LogP) is 3.95. The molecule has 0 bridgehead atoms. The van der Waals surface area contributed by atoms with E-state index in [1.165, 1.54) is 12.1 Å². The molecule has 1 saturated heterocycles. The summed E-state index contributed by atoms with van der Waals surface area (Å²) < 4.78 is 33.1. The van der Waals surface area contributed by atoms with Crippen molar-refractivity contribution in [1.82, 2.24) is 5.32 Å². The zero-order chi connectivity index (χ0) is 13.8. The molecule has 5 heteroatoms. The van der Waals surface area contributed by atoms with Crippen LogP contribution < -0.4 is 5.32 Å². The van der Waals surface area contributed by atoms with Gasteiger partial charge in [-0.25, -0.2) is 8.78 Å². The predicted molar refractivity (Wildman–Crippen MR) is 74.1 cm³/mol. The van der Waals surface area contributed by atoms with Gasteiger partial charge in [0.05, 0.1) is 10.6 Å². The van der Waals surface area contributed by atoms with Gasteiger partial charge in [0.1, 0.15) is 11.6 Å². The first kappa shape index (κ1) is 14.9. The molecule has 1 heterocycles. The lowest BCUT2D eigenvalue weighted by Gasteiger charge is -2.19. The number of benzene rings is 1. The zero-order valence-electron chi connectivity index (χ0n) is 10.9. The van der Waals surface area contributed by atoms with Gasteiger partial charge in [-0.15, -0.1) is 0 Å². The van der Waals surface area contributed by atoms with Crippen LogP contribution in [0.2, 0.25) is 0 Å². The summed E-state index contributed by atoms with van der Waals surface area (Å²) >= 11 is 2.99. The minimum absolute atomic E-state index is 0.155. The van der Waals surface area contributed by atoms with Gasteiger partial charge < -0.3 is 10.1 Å². The minimum atomic E-state index is -0.436. The molecular weight excluding hydrogens is 316 g/mol. The Morgan fingerprint density at radius 2 is 2.21 bits per heavy atom. The maximum atomic E-state index is 13.9. The Kier molecular flexibility index (Phi) is 5.30.